The third-order valence-electron chi connectivity index (χ3n) is 3.03. The first-order valence-electron chi connectivity index (χ1n) is 6.10. The van der Waals surface area contributed by atoms with E-state index in [-0.39, 0.29) is 22.6 Å². The first-order chi connectivity index (χ1) is 10.1. The molecule has 0 aliphatic heterocycles. The van der Waals surface area contributed by atoms with Gasteiger partial charge in [-0.25, -0.2) is 9.78 Å². The number of carbonyl (C=O) groups excluding carboxylic acids is 1. The lowest BCUT2D eigenvalue weighted by atomic mass is 10.1. The van der Waals surface area contributed by atoms with Gasteiger partial charge in [-0.2, -0.15) is 0 Å². The molecular weight excluding hydrogens is 290 g/mol. The molecular formula is C15H11NO4S. The highest BCUT2D eigenvalue weighted by Gasteiger charge is 2.18. The average Bonchev–Trinajstić information content (AvgIpc) is 2.88. The number of ether oxygens (including phenoxy) is 1. The van der Waals surface area contributed by atoms with E-state index in [0.29, 0.717) is 5.01 Å². The summed E-state index contributed by atoms with van der Waals surface area (Å²) in [6.07, 6.45) is 0. The van der Waals surface area contributed by atoms with E-state index >= 15 is 0 Å². The van der Waals surface area contributed by atoms with Crippen molar-refractivity contribution in [3.8, 4) is 22.1 Å². The molecule has 0 aliphatic carbocycles. The molecule has 1 aromatic heterocycles. The molecule has 5 nitrogen and oxygen atoms in total. The highest BCUT2D eigenvalue weighted by Crippen LogP contribution is 2.41. The minimum Gasteiger partial charge on any atom is -0.507 e. The predicted octanol–water partition coefficient (Wildman–Crippen LogP) is 3.16. The molecule has 3 rings (SSSR count). The van der Waals surface area contributed by atoms with Crippen molar-refractivity contribution in [1.82, 2.24) is 4.98 Å². The zero-order valence-corrected chi connectivity index (χ0v) is 11.8. The molecule has 0 saturated heterocycles. The zero-order valence-electron chi connectivity index (χ0n) is 11.0. The van der Waals surface area contributed by atoms with Gasteiger partial charge < -0.3 is 14.9 Å². The van der Waals surface area contributed by atoms with Crippen molar-refractivity contribution in [3.05, 3.63) is 42.0 Å². The van der Waals surface area contributed by atoms with E-state index in [1.807, 2.05) is 24.3 Å². The highest BCUT2D eigenvalue weighted by molar-refractivity contribution is 7.21. The van der Waals surface area contributed by atoms with E-state index in [0.717, 1.165) is 10.2 Å². The molecule has 0 aliphatic rings. The smallest absolute Gasteiger partial charge is 0.338 e. The van der Waals surface area contributed by atoms with Crippen molar-refractivity contribution >= 4 is 27.5 Å². The molecule has 0 unspecified atom stereocenters. The number of benzene rings is 2. The van der Waals surface area contributed by atoms with Gasteiger partial charge in [0.1, 0.15) is 16.5 Å². The van der Waals surface area contributed by atoms with Crippen molar-refractivity contribution in [2.45, 2.75) is 0 Å². The molecule has 3 aromatic rings. The number of carbonyl (C=O) groups is 1. The van der Waals surface area contributed by atoms with Crippen LogP contribution in [0.3, 0.4) is 0 Å². The Labute approximate surface area is 124 Å². The normalized spacial score (nSPS) is 10.7. The number of hydrogen-bond acceptors (Lipinski definition) is 6. The second-order valence-corrected chi connectivity index (χ2v) is 5.40. The number of para-hydroxylation sites is 1. The first-order valence-corrected chi connectivity index (χ1v) is 6.92. The van der Waals surface area contributed by atoms with E-state index < -0.39 is 5.97 Å². The molecule has 106 valence electrons. The zero-order chi connectivity index (χ0) is 15.0. The molecule has 6 heteroatoms. The number of thiazole rings is 1. The summed E-state index contributed by atoms with van der Waals surface area (Å²) in [5.41, 5.74) is 1.08. The topological polar surface area (TPSA) is 79.7 Å². The van der Waals surface area contributed by atoms with Crippen LogP contribution < -0.4 is 0 Å². The van der Waals surface area contributed by atoms with Crippen LogP contribution in [0.4, 0.5) is 0 Å². The minimum atomic E-state index is -0.628. The maximum Gasteiger partial charge on any atom is 0.338 e. The Morgan fingerprint density at radius 3 is 2.48 bits per heavy atom. The van der Waals surface area contributed by atoms with Crippen LogP contribution in [-0.4, -0.2) is 28.3 Å². The fourth-order valence-electron chi connectivity index (χ4n) is 2.05. The van der Waals surface area contributed by atoms with Crippen molar-refractivity contribution in [2.24, 2.45) is 0 Å². The lowest BCUT2D eigenvalue weighted by molar-refractivity contribution is 0.0600. The Kier molecular flexibility index (Phi) is 3.23. The molecule has 0 fully saturated rings. The van der Waals surface area contributed by atoms with Gasteiger partial charge in [0.25, 0.3) is 0 Å². The van der Waals surface area contributed by atoms with E-state index in [4.69, 9.17) is 0 Å². The number of hydrogen-bond donors (Lipinski definition) is 2. The number of esters is 1. The fourth-order valence-corrected chi connectivity index (χ4v) is 3.07. The molecule has 1 heterocycles. The van der Waals surface area contributed by atoms with Gasteiger partial charge in [-0.3, -0.25) is 0 Å². The van der Waals surface area contributed by atoms with Crippen LogP contribution in [0.1, 0.15) is 10.4 Å². The SMILES string of the molecule is COC(=O)c1cc(O)c(-c2nc3ccccc3s2)c(O)c1. The molecule has 2 aromatic carbocycles. The summed E-state index contributed by atoms with van der Waals surface area (Å²) in [5.74, 6) is -1.06. The van der Waals surface area contributed by atoms with Crippen molar-refractivity contribution in [3.63, 3.8) is 0 Å². The summed E-state index contributed by atoms with van der Waals surface area (Å²) in [5, 5.41) is 20.7. The van der Waals surface area contributed by atoms with Gasteiger partial charge in [0.2, 0.25) is 0 Å². The largest absolute Gasteiger partial charge is 0.507 e. The summed E-state index contributed by atoms with van der Waals surface area (Å²) < 4.78 is 5.51. The third kappa shape index (κ3) is 2.30. The number of aromatic nitrogens is 1. The van der Waals surface area contributed by atoms with Gasteiger partial charge in [0.05, 0.1) is 28.5 Å². The quantitative estimate of drug-likeness (QED) is 0.711. The van der Waals surface area contributed by atoms with Gasteiger partial charge in [-0.05, 0) is 24.3 Å². The van der Waals surface area contributed by atoms with E-state index in [1.165, 1.54) is 30.6 Å². The number of nitrogens with zero attached hydrogens (tertiary/aromatic N) is 1. The van der Waals surface area contributed by atoms with Crippen LogP contribution in [0.2, 0.25) is 0 Å². The monoisotopic (exact) mass is 301 g/mol. The summed E-state index contributed by atoms with van der Waals surface area (Å²) in [7, 11) is 1.23. The van der Waals surface area contributed by atoms with Crippen molar-refractivity contribution in [1.29, 1.82) is 0 Å². The van der Waals surface area contributed by atoms with Gasteiger partial charge in [0.15, 0.2) is 0 Å². The number of phenols is 2. The molecule has 2 N–H and O–H groups in total. The second kappa shape index (κ2) is 5.06. The lowest BCUT2D eigenvalue weighted by Crippen LogP contribution is -2.01. The Balaban J connectivity index is 2.16. The molecule has 0 bridgehead atoms. The van der Waals surface area contributed by atoms with Gasteiger partial charge >= 0.3 is 5.97 Å². The number of methoxy groups -OCH3 is 1. The Morgan fingerprint density at radius 1 is 1.19 bits per heavy atom. The standard InChI is InChI=1S/C15H11NO4S/c1-20-15(19)8-6-10(17)13(11(18)7-8)14-16-9-4-2-3-5-12(9)21-14/h2-7,17-18H,1H3. The first kappa shape index (κ1) is 13.4. The number of aromatic hydroxyl groups is 2. The van der Waals surface area contributed by atoms with E-state index in [2.05, 4.69) is 9.72 Å². The number of fused-ring (bicyclic) bond motifs is 1. The van der Waals surface area contributed by atoms with Crippen LogP contribution in [0.25, 0.3) is 20.8 Å². The van der Waals surface area contributed by atoms with Crippen LogP contribution in [-0.2, 0) is 4.74 Å². The minimum absolute atomic E-state index is 0.0809. The van der Waals surface area contributed by atoms with Crippen LogP contribution in [0, 0.1) is 0 Å². The van der Waals surface area contributed by atoms with Crippen LogP contribution in [0.5, 0.6) is 11.5 Å². The third-order valence-corrected chi connectivity index (χ3v) is 4.08. The summed E-state index contributed by atoms with van der Waals surface area (Å²) >= 11 is 1.35. The van der Waals surface area contributed by atoms with Crippen LogP contribution >= 0.6 is 11.3 Å². The van der Waals surface area contributed by atoms with Crippen molar-refractivity contribution in [2.75, 3.05) is 7.11 Å². The summed E-state index contributed by atoms with van der Waals surface area (Å²) in [6.45, 7) is 0. The van der Waals surface area contributed by atoms with Gasteiger partial charge in [-0.15, -0.1) is 11.3 Å². The maximum absolute atomic E-state index is 11.4. The van der Waals surface area contributed by atoms with Gasteiger partial charge in [-0.1, -0.05) is 12.1 Å². The van der Waals surface area contributed by atoms with Gasteiger partial charge in [0, 0.05) is 0 Å². The molecule has 0 saturated carbocycles. The van der Waals surface area contributed by atoms with E-state index in [9.17, 15) is 15.0 Å². The maximum atomic E-state index is 11.4. The summed E-state index contributed by atoms with van der Waals surface area (Å²) in [4.78, 5) is 15.8. The highest BCUT2D eigenvalue weighted by atomic mass is 32.1. The van der Waals surface area contributed by atoms with Crippen molar-refractivity contribution < 1.29 is 19.7 Å². The molecule has 0 spiro atoms. The average molecular weight is 301 g/mol. The molecule has 21 heavy (non-hydrogen) atoms. The summed E-state index contributed by atoms with van der Waals surface area (Å²) in [6, 6.07) is 10.0. The second-order valence-electron chi connectivity index (χ2n) is 4.37. The number of phenolic OH excluding ortho intramolecular Hbond substituents is 2. The fraction of sp³-hybridized carbons (Fsp3) is 0.0667. The predicted molar refractivity (Wildman–Crippen MR) is 79.7 cm³/mol. The Morgan fingerprint density at radius 2 is 1.86 bits per heavy atom. The lowest BCUT2D eigenvalue weighted by Gasteiger charge is -2.07. The molecule has 0 radical (unpaired) electrons. The van der Waals surface area contributed by atoms with Crippen LogP contribution in [0.15, 0.2) is 36.4 Å². The molecule has 0 atom stereocenters. The Hall–Kier alpha value is -2.60. The number of rotatable bonds is 2. The van der Waals surface area contributed by atoms with E-state index in [1.54, 1.807) is 0 Å². The Bertz CT molecular complexity index is 785. The molecule has 0 amide bonds.